The summed E-state index contributed by atoms with van der Waals surface area (Å²) in [6.45, 7) is 6.34. The zero-order chi connectivity index (χ0) is 14.6. The van der Waals surface area contributed by atoms with Crippen LogP contribution in [-0.4, -0.2) is 46.9 Å². The predicted molar refractivity (Wildman–Crippen MR) is 84.2 cm³/mol. The van der Waals surface area contributed by atoms with Gasteiger partial charge >= 0.3 is 0 Å². The Morgan fingerprint density at radius 3 is 2.71 bits per heavy atom. The summed E-state index contributed by atoms with van der Waals surface area (Å²) >= 11 is 1.80. The van der Waals surface area contributed by atoms with Gasteiger partial charge in [-0.05, 0) is 45.2 Å². The third-order valence-corrected chi connectivity index (χ3v) is 6.05. The van der Waals surface area contributed by atoms with Gasteiger partial charge in [-0.3, -0.25) is 15.0 Å². The van der Waals surface area contributed by atoms with E-state index in [2.05, 4.69) is 34.2 Å². The van der Waals surface area contributed by atoms with Gasteiger partial charge in [0.25, 0.3) is 0 Å². The van der Waals surface area contributed by atoms with Crippen LogP contribution in [0.15, 0.2) is 12.1 Å². The van der Waals surface area contributed by atoms with Gasteiger partial charge in [0.05, 0.1) is 6.04 Å². The molecule has 0 aromatic carbocycles. The highest BCUT2D eigenvalue weighted by Gasteiger charge is 2.45. The van der Waals surface area contributed by atoms with E-state index in [-0.39, 0.29) is 18.1 Å². The number of thiophene rings is 1. The van der Waals surface area contributed by atoms with E-state index in [0.717, 1.165) is 25.6 Å². The van der Waals surface area contributed by atoms with Gasteiger partial charge in [0.1, 0.15) is 6.17 Å². The lowest BCUT2D eigenvalue weighted by molar-refractivity contribution is -0.131. The summed E-state index contributed by atoms with van der Waals surface area (Å²) in [5.74, 6) is 0.272. The molecule has 1 N–H and O–H groups in total. The smallest absolute Gasteiger partial charge is 0.241 e. The van der Waals surface area contributed by atoms with Crippen molar-refractivity contribution in [1.29, 1.82) is 0 Å². The number of nitrogens with zero attached hydrogens (tertiary/aromatic N) is 2. The van der Waals surface area contributed by atoms with Crippen molar-refractivity contribution in [2.45, 2.75) is 57.4 Å². The molecule has 3 aliphatic rings. The SMILES string of the molecule is Cc1ccc(C2NC(C)C(=O)N2C2CCN(C3CC3)C2)s1. The molecule has 0 radical (unpaired) electrons. The molecule has 21 heavy (non-hydrogen) atoms. The summed E-state index contributed by atoms with van der Waals surface area (Å²) < 4.78 is 0. The molecule has 1 aromatic heterocycles. The van der Waals surface area contributed by atoms with Crippen LogP contribution in [0.5, 0.6) is 0 Å². The third kappa shape index (κ3) is 2.41. The van der Waals surface area contributed by atoms with Gasteiger partial charge in [-0.25, -0.2) is 0 Å². The van der Waals surface area contributed by atoms with Gasteiger partial charge in [-0.2, -0.15) is 0 Å². The van der Waals surface area contributed by atoms with E-state index < -0.39 is 0 Å². The Hall–Kier alpha value is -0.910. The standard InChI is InChI=1S/C16H23N3OS/c1-10-3-6-14(21-10)15-17-11(2)16(20)19(15)13-7-8-18(9-13)12-4-5-12/h3,6,11-13,15,17H,4-5,7-9H2,1-2H3. The van der Waals surface area contributed by atoms with E-state index >= 15 is 0 Å². The number of carbonyl (C=O) groups is 1. The summed E-state index contributed by atoms with van der Waals surface area (Å²) in [5, 5.41) is 3.49. The molecule has 3 unspecified atom stereocenters. The molecule has 2 aliphatic heterocycles. The van der Waals surface area contributed by atoms with E-state index in [4.69, 9.17) is 0 Å². The number of nitrogens with one attached hydrogen (secondary N) is 1. The zero-order valence-electron chi connectivity index (χ0n) is 12.7. The minimum atomic E-state index is -0.0626. The number of aryl methyl sites for hydroxylation is 1. The minimum absolute atomic E-state index is 0.0626. The Bertz CT molecular complexity index is 553. The van der Waals surface area contributed by atoms with Gasteiger partial charge < -0.3 is 4.90 Å². The number of amides is 1. The molecule has 2 saturated heterocycles. The Morgan fingerprint density at radius 1 is 1.24 bits per heavy atom. The molecular weight excluding hydrogens is 282 g/mol. The Balaban J connectivity index is 1.56. The number of rotatable bonds is 3. The summed E-state index contributed by atoms with van der Waals surface area (Å²) in [4.78, 5) is 19.9. The maximum Gasteiger partial charge on any atom is 0.241 e. The van der Waals surface area contributed by atoms with Crippen LogP contribution in [0.2, 0.25) is 0 Å². The first-order valence-electron chi connectivity index (χ1n) is 8.02. The van der Waals surface area contributed by atoms with Crippen LogP contribution in [0.4, 0.5) is 0 Å². The van der Waals surface area contributed by atoms with Gasteiger partial charge in [-0.15, -0.1) is 11.3 Å². The molecule has 1 saturated carbocycles. The molecule has 5 heteroatoms. The Morgan fingerprint density at radius 2 is 2.05 bits per heavy atom. The number of likely N-dealkylation sites (tertiary alicyclic amines) is 1. The number of hydrogen-bond donors (Lipinski definition) is 1. The van der Waals surface area contributed by atoms with Crippen LogP contribution in [0.3, 0.4) is 0 Å². The van der Waals surface area contributed by atoms with Gasteiger partial charge in [-0.1, -0.05) is 0 Å². The van der Waals surface area contributed by atoms with E-state index in [1.54, 1.807) is 11.3 Å². The lowest BCUT2D eigenvalue weighted by atomic mass is 10.2. The monoisotopic (exact) mass is 305 g/mol. The van der Waals surface area contributed by atoms with Crippen molar-refractivity contribution < 1.29 is 4.79 Å². The van der Waals surface area contributed by atoms with Crippen molar-refractivity contribution in [1.82, 2.24) is 15.1 Å². The molecule has 4 nitrogen and oxygen atoms in total. The van der Waals surface area contributed by atoms with E-state index in [1.807, 2.05) is 6.92 Å². The molecule has 4 rings (SSSR count). The normalized spacial score (nSPS) is 34.1. The molecule has 3 fully saturated rings. The molecule has 3 heterocycles. The second-order valence-electron chi connectivity index (χ2n) is 6.65. The van der Waals surface area contributed by atoms with Crippen LogP contribution >= 0.6 is 11.3 Å². The molecule has 1 amide bonds. The maximum absolute atomic E-state index is 12.6. The lowest BCUT2D eigenvalue weighted by Gasteiger charge is -2.30. The average Bonchev–Trinajstić information content (AvgIpc) is 2.90. The minimum Gasteiger partial charge on any atom is -0.316 e. The molecule has 1 aromatic rings. The predicted octanol–water partition coefficient (Wildman–Crippen LogP) is 2.11. The Kier molecular flexibility index (Phi) is 3.32. The largest absolute Gasteiger partial charge is 0.316 e. The summed E-state index contributed by atoms with van der Waals surface area (Å²) in [6.07, 6.45) is 3.90. The van der Waals surface area contributed by atoms with Crippen LogP contribution in [0.1, 0.15) is 42.1 Å². The van der Waals surface area contributed by atoms with Crippen molar-refractivity contribution in [2.24, 2.45) is 0 Å². The second-order valence-corrected chi connectivity index (χ2v) is 7.97. The Labute approximate surface area is 130 Å². The molecule has 114 valence electrons. The topological polar surface area (TPSA) is 35.6 Å². The summed E-state index contributed by atoms with van der Waals surface area (Å²) in [5.41, 5.74) is 0. The molecular formula is C16H23N3OS. The fraction of sp³-hybridized carbons (Fsp3) is 0.688. The molecule has 0 bridgehead atoms. The summed E-state index contributed by atoms with van der Waals surface area (Å²) in [7, 11) is 0. The quantitative estimate of drug-likeness (QED) is 0.929. The second kappa shape index (κ2) is 5.07. The lowest BCUT2D eigenvalue weighted by Crippen LogP contribution is -2.41. The van der Waals surface area contributed by atoms with Crippen LogP contribution in [0, 0.1) is 6.92 Å². The average molecular weight is 305 g/mol. The van der Waals surface area contributed by atoms with E-state index in [9.17, 15) is 4.79 Å². The maximum atomic E-state index is 12.6. The van der Waals surface area contributed by atoms with E-state index in [1.165, 1.54) is 22.6 Å². The summed E-state index contributed by atoms with van der Waals surface area (Å²) in [6, 6.07) is 5.44. The number of hydrogen-bond acceptors (Lipinski definition) is 4. The van der Waals surface area contributed by atoms with Crippen LogP contribution < -0.4 is 5.32 Å². The van der Waals surface area contributed by atoms with Crippen molar-refractivity contribution in [3.8, 4) is 0 Å². The van der Waals surface area contributed by atoms with Crippen molar-refractivity contribution in [3.05, 3.63) is 21.9 Å². The van der Waals surface area contributed by atoms with E-state index in [0.29, 0.717) is 6.04 Å². The first kappa shape index (κ1) is 13.7. The highest BCUT2D eigenvalue weighted by molar-refractivity contribution is 7.12. The highest BCUT2D eigenvalue weighted by Crippen LogP contribution is 2.36. The molecule has 0 spiro atoms. The fourth-order valence-electron chi connectivity index (χ4n) is 3.72. The zero-order valence-corrected chi connectivity index (χ0v) is 13.5. The first-order chi connectivity index (χ1) is 10.1. The van der Waals surface area contributed by atoms with Gasteiger partial charge in [0, 0.05) is 34.9 Å². The number of carbonyl (C=O) groups excluding carboxylic acids is 1. The third-order valence-electron chi connectivity index (χ3n) is 4.99. The van der Waals surface area contributed by atoms with Gasteiger partial charge in [0.2, 0.25) is 5.91 Å². The van der Waals surface area contributed by atoms with Gasteiger partial charge in [0.15, 0.2) is 0 Å². The van der Waals surface area contributed by atoms with Crippen LogP contribution in [-0.2, 0) is 4.79 Å². The van der Waals surface area contributed by atoms with Crippen molar-refractivity contribution in [2.75, 3.05) is 13.1 Å². The van der Waals surface area contributed by atoms with Crippen molar-refractivity contribution in [3.63, 3.8) is 0 Å². The molecule has 3 atom stereocenters. The highest BCUT2D eigenvalue weighted by atomic mass is 32.1. The fourth-order valence-corrected chi connectivity index (χ4v) is 4.65. The molecule has 1 aliphatic carbocycles. The van der Waals surface area contributed by atoms with Crippen LogP contribution in [0.25, 0.3) is 0 Å². The first-order valence-corrected chi connectivity index (χ1v) is 8.84. The van der Waals surface area contributed by atoms with Crippen molar-refractivity contribution >= 4 is 17.2 Å².